The van der Waals surface area contributed by atoms with Crippen molar-refractivity contribution in [1.29, 1.82) is 0 Å². The van der Waals surface area contributed by atoms with Gasteiger partial charge in [-0.3, -0.25) is 4.90 Å². The van der Waals surface area contributed by atoms with E-state index >= 15 is 0 Å². The van der Waals surface area contributed by atoms with Gasteiger partial charge in [-0.1, -0.05) is 13.3 Å². The van der Waals surface area contributed by atoms with Gasteiger partial charge < -0.3 is 19.3 Å². The predicted molar refractivity (Wildman–Crippen MR) is 121 cm³/mol. The molecular weight excluding hydrogens is 446 g/mol. The molecule has 4 rings (SSSR count). The maximum Gasteiger partial charge on any atom is 0.175 e. The third kappa shape index (κ3) is 4.38. The SMILES string of the molecule is COc1cc2c(c(Br)c1OCC1(C)CCC1)CCN1C[C@@H](OC(C)(C)C)[C@H](O)C[C@H]21. The van der Waals surface area contributed by atoms with E-state index < -0.39 is 6.10 Å². The Bertz CT molecular complexity index is 786. The first-order valence-corrected chi connectivity index (χ1v) is 12.0. The van der Waals surface area contributed by atoms with Crippen LogP contribution in [-0.4, -0.2) is 54.6 Å². The van der Waals surface area contributed by atoms with E-state index in [1.54, 1.807) is 7.11 Å². The van der Waals surface area contributed by atoms with E-state index in [1.165, 1.54) is 30.4 Å². The molecule has 3 aliphatic rings. The molecule has 0 spiro atoms. The van der Waals surface area contributed by atoms with Crippen molar-refractivity contribution in [3.05, 3.63) is 21.7 Å². The van der Waals surface area contributed by atoms with Gasteiger partial charge >= 0.3 is 0 Å². The van der Waals surface area contributed by atoms with Crippen molar-refractivity contribution < 1.29 is 19.3 Å². The molecule has 3 atom stereocenters. The Balaban J connectivity index is 1.58. The molecule has 1 aromatic rings. The van der Waals surface area contributed by atoms with Gasteiger partial charge in [-0.15, -0.1) is 0 Å². The molecule has 1 aromatic carbocycles. The summed E-state index contributed by atoms with van der Waals surface area (Å²) in [5, 5.41) is 10.8. The van der Waals surface area contributed by atoms with Crippen molar-refractivity contribution in [2.45, 2.75) is 83.6 Å². The fraction of sp³-hybridized carbons (Fsp3) is 0.750. The summed E-state index contributed by atoms with van der Waals surface area (Å²) in [7, 11) is 1.70. The maximum absolute atomic E-state index is 10.8. The van der Waals surface area contributed by atoms with Crippen LogP contribution in [-0.2, 0) is 11.2 Å². The van der Waals surface area contributed by atoms with Crippen molar-refractivity contribution in [2.24, 2.45) is 5.41 Å². The third-order valence-electron chi connectivity index (χ3n) is 6.93. The van der Waals surface area contributed by atoms with Crippen LogP contribution >= 0.6 is 15.9 Å². The Labute approximate surface area is 189 Å². The predicted octanol–water partition coefficient (Wildman–Crippen LogP) is 4.87. The number of halogens is 1. The molecule has 1 N–H and O–H groups in total. The summed E-state index contributed by atoms with van der Waals surface area (Å²) in [5.41, 5.74) is 2.54. The highest BCUT2D eigenvalue weighted by molar-refractivity contribution is 9.10. The molecule has 1 aliphatic carbocycles. The Morgan fingerprint density at radius 1 is 1.30 bits per heavy atom. The van der Waals surface area contributed by atoms with Crippen LogP contribution in [0.15, 0.2) is 10.5 Å². The molecule has 6 heteroatoms. The number of aliphatic hydroxyl groups is 1. The van der Waals surface area contributed by atoms with Gasteiger partial charge in [-0.05, 0) is 79.6 Å². The quantitative estimate of drug-likeness (QED) is 0.649. The fourth-order valence-corrected chi connectivity index (χ4v) is 5.82. The molecule has 1 saturated carbocycles. The Hall–Kier alpha value is -0.820. The molecule has 30 heavy (non-hydrogen) atoms. The van der Waals surface area contributed by atoms with Gasteiger partial charge in [0, 0.05) is 24.5 Å². The highest BCUT2D eigenvalue weighted by Crippen LogP contribution is 2.48. The second-order valence-corrected chi connectivity index (χ2v) is 11.4. The third-order valence-corrected chi connectivity index (χ3v) is 7.77. The van der Waals surface area contributed by atoms with Crippen LogP contribution in [0.25, 0.3) is 0 Å². The average molecular weight is 482 g/mol. The zero-order valence-corrected chi connectivity index (χ0v) is 20.5. The number of aliphatic hydroxyl groups excluding tert-OH is 1. The van der Waals surface area contributed by atoms with E-state index in [1.807, 2.05) is 20.8 Å². The summed E-state index contributed by atoms with van der Waals surface area (Å²) in [6.07, 6.45) is 4.73. The maximum atomic E-state index is 10.8. The van der Waals surface area contributed by atoms with Gasteiger partial charge in [0.15, 0.2) is 11.5 Å². The number of benzene rings is 1. The van der Waals surface area contributed by atoms with Crippen molar-refractivity contribution in [3.8, 4) is 11.5 Å². The Kier molecular flexibility index (Phi) is 6.17. The van der Waals surface area contributed by atoms with E-state index in [0.29, 0.717) is 6.42 Å². The summed E-state index contributed by atoms with van der Waals surface area (Å²) < 4.78 is 19.2. The van der Waals surface area contributed by atoms with Crippen LogP contribution in [0.3, 0.4) is 0 Å². The van der Waals surface area contributed by atoms with Gasteiger partial charge in [-0.25, -0.2) is 0 Å². The summed E-state index contributed by atoms with van der Waals surface area (Å²) in [5.74, 6) is 1.59. The lowest BCUT2D eigenvalue weighted by molar-refractivity contribution is -0.149. The minimum Gasteiger partial charge on any atom is -0.493 e. The van der Waals surface area contributed by atoms with Crippen LogP contribution < -0.4 is 9.47 Å². The number of rotatable bonds is 5. The monoisotopic (exact) mass is 481 g/mol. The molecule has 0 amide bonds. The first-order chi connectivity index (χ1) is 14.1. The topological polar surface area (TPSA) is 51.2 Å². The van der Waals surface area contributed by atoms with Gasteiger partial charge in [0.25, 0.3) is 0 Å². The smallest absolute Gasteiger partial charge is 0.175 e. The molecular formula is C24H36BrNO4. The lowest BCUT2D eigenvalue weighted by atomic mass is 9.71. The lowest BCUT2D eigenvalue weighted by Crippen LogP contribution is -2.53. The molecule has 168 valence electrons. The minimum absolute atomic E-state index is 0.154. The number of methoxy groups -OCH3 is 1. The minimum atomic E-state index is -0.476. The van der Waals surface area contributed by atoms with E-state index in [2.05, 4.69) is 33.8 Å². The number of hydrogen-bond donors (Lipinski definition) is 1. The van der Waals surface area contributed by atoms with Gasteiger partial charge in [-0.2, -0.15) is 0 Å². The van der Waals surface area contributed by atoms with Crippen LogP contribution in [0.1, 0.15) is 70.5 Å². The molecule has 0 aromatic heterocycles. The fourth-order valence-electron chi connectivity index (χ4n) is 5.08. The second kappa shape index (κ2) is 8.27. The summed E-state index contributed by atoms with van der Waals surface area (Å²) in [6, 6.07) is 2.31. The number of ether oxygens (including phenoxy) is 3. The molecule has 2 fully saturated rings. The molecule has 0 bridgehead atoms. The highest BCUT2D eigenvalue weighted by Gasteiger charge is 2.41. The molecule has 5 nitrogen and oxygen atoms in total. The largest absolute Gasteiger partial charge is 0.493 e. The molecule has 0 unspecified atom stereocenters. The van der Waals surface area contributed by atoms with Crippen LogP contribution in [0.2, 0.25) is 0 Å². The Morgan fingerprint density at radius 3 is 2.63 bits per heavy atom. The summed E-state index contributed by atoms with van der Waals surface area (Å²) in [4.78, 5) is 2.45. The van der Waals surface area contributed by atoms with Crippen molar-refractivity contribution in [3.63, 3.8) is 0 Å². The van der Waals surface area contributed by atoms with Crippen LogP contribution in [0.4, 0.5) is 0 Å². The van der Waals surface area contributed by atoms with E-state index in [4.69, 9.17) is 14.2 Å². The van der Waals surface area contributed by atoms with Crippen molar-refractivity contribution >= 4 is 15.9 Å². The second-order valence-electron chi connectivity index (χ2n) is 10.6. The highest BCUT2D eigenvalue weighted by atomic mass is 79.9. The van der Waals surface area contributed by atoms with E-state index in [0.717, 1.165) is 42.1 Å². The van der Waals surface area contributed by atoms with Gasteiger partial charge in [0.1, 0.15) is 0 Å². The summed E-state index contributed by atoms with van der Waals surface area (Å²) >= 11 is 3.84. The Morgan fingerprint density at radius 2 is 2.03 bits per heavy atom. The zero-order chi connectivity index (χ0) is 21.7. The number of piperidine rings is 1. The molecule has 1 saturated heterocycles. The normalized spacial score (nSPS) is 28.3. The average Bonchev–Trinajstić information content (AvgIpc) is 2.65. The van der Waals surface area contributed by atoms with Gasteiger partial charge in [0.2, 0.25) is 0 Å². The number of nitrogens with zero attached hydrogens (tertiary/aromatic N) is 1. The molecule has 2 heterocycles. The first-order valence-electron chi connectivity index (χ1n) is 11.2. The van der Waals surface area contributed by atoms with Crippen molar-refractivity contribution in [2.75, 3.05) is 26.8 Å². The number of hydrogen-bond acceptors (Lipinski definition) is 5. The molecule has 2 aliphatic heterocycles. The van der Waals surface area contributed by atoms with E-state index in [-0.39, 0.29) is 23.2 Å². The first kappa shape index (κ1) is 22.4. The number of fused-ring (bicyclic) bond motifs is 3. The van der Waals surface area contributed by atoms with Crippen molar-refractivity contribution in [1.82, 2.24) is 4.90 Å². The lowest BCUT2D eigenvalue weighted by Gasteiger charge is -2.47. The van der Waals surface area contributed by atoms with Crippen LogP contribution in [0.5, 0.6) is 11.5 Å². The summed E-state index contributed by atoms with van der Waals surface area (Å²) in [6.45, 7) is 10.9. The van der Waals surface area contributed by atoms with E-state index in [9.17, 15) is 5.11 Å². The standard InChI is InChI=1S/C24H36BrNO4/c1-23(2,3)30-20-13-26-10-7-15-16(17(26)12-18(20)27)11-19(28-5)22(21(15)25)29-14-24(4)8-6-9-24/h11,17-18,20,27H,6-10,12-14H2,1-5H3/t17-,18-,20-/m1/s1. The van der Waals surface area contributed by atoms with Crippen LogP contribution in [0, 0.1) is 5.41 Å². The molecule has 0 radical (unpaired) electrons. The zero-order valence-electron chi connectivity index (χ0n) is 19.0. The van der Waals surface area contributed by atoms with Gasteiger partial charge in [0.05, 0.1) is 36.0 Å².